The number of methoxy groups -OCH3 is 1. The van der Waals surface area contributed by atoms with E-state index in [-0.39, 0.29) is 36.9 Å². The van der Waals surface area contributed by atoms with E-state index in [1.165, 1.54) is 13.2 Å². The fourth-order valence-corrected chi connectivity index (χ4v) is 5.59. The molecule has 1 amide bonds. The number of hydrogen-bond donors (Lipinski definition) is 1. The molecule has 3 aliphatic rings. The summed E-state index contributed by atoms with van der Waals surface area (Å²) in [5, 5.41) is 0. The summed E-state index contributed by atoms with van der Waals surface area (Å²) < 4.78 is 58.2. The summed E-state index contributed by atoms with van der Waals surface area (Å²) in [7, 11) is 1.53. The molecule has 12 heteroatoms. The molecule has 3 aliphatic heterocycles. The van der Waals surface area contributed by atoms with Crippen molar-refractivity contribution < 1.29 is 32.2 Å². The van der Waals surface area contributed by atoms with Crippen molar-refractivity contribution in [1.29, 1.82) is 0 Å². The number of fused-ring (bicyclic) bond motifs is 3. The van der Waals surface area contributed by atoms with E-state index >= 15 is 0 Å². The van der Waals surface area contributed by atoms with Gasteiger partial charge in [0.1, 0.15) is 28.9 Å². The van der Waals surface area contributed by atoms with Crippen LogP contribution in [0, 0.1) is 0 Å². The summed E-state index contributed by atoms with van der Waals surface area (Å²) in [6, 6.07) is 2.35. The molecule has 5 rings (SSSR count). The van der Waals surface area contributed by atoms with E-state index in [1.54, 1.807) is 4.90 Å². The number of rotatable bonds is 5. The number of nitrogen functional groups attached to an aromatic ring is 1. The molecule has 9 nitrogen and oxygen atoms in total. The Morgan fingerprint density at radius 1 is 1.25 bits per heavy atom. The van der Waals surface area contributed by atoms with Crippen molar-refractivity contribution >= 4 is 17.4 Å². The summed E-state index contributed by atoms with van der Waals surface area (Å²) in [5.74, 6) is -0.0593. The lowest BCUT2D eigenvalue weighted by Gasteiger charge is -2.44. The zero-order valence-electron chi connectivity index (χ0n) is 23.3. The maximum atomic E-state index is 13.7. The van der Waals surface area contributed by atoms with E-state index in [0.29, 0.717) is 43.1 Å². The van der Waals surface area contributed by atoms with Crippen LogP contribution in [0.15, 0.2) is 17.1 Å². The summed E-state index contributed by atoms with van der Waals surface area (Å²) in [5.41, 5.74) is 8.72. The first kappa shape index (κ1) is 28.3. The Balaban J connectivity index is 1.40. The number of halogens is 3. The van der Waals surface area contributed by atoms with Gasteiger partial charge in [0.15, 0.2) is 0 Å². The fraction of sp³-hybridized carbons (Fsp3) is 0.571. The Hall–Kier alpha value is -3.25. The molecule has 0 aliphatic carbocycles. The predicted octanol–water partition coefficient (Wildman–Crippen LogP) is 4.37. The van der Waals surface area contributed by atoms with Gasteiger partial charge in [-0.05, 0) is 43.4 Å². The van der Waals surface area contributed by atoms with Crippen LogP contribution in [0.3, 0.4) is 0 Å². The maximum Gasteiger partial charge on any atom is 0.433 e. The lowest BCUT2D eigenvalue weighted by atomic mass is 9.89. The van der Waals surface area contributed by atoms with Gasteiger partial charge in [-0.3, -0.25) is 9.79 Å². The number of alkyl halides is 3. The van der Waals surface area contributed by atoms with Crippen molar-refractivity contribution in [2.45, 2.75) is 83.6 Å². The first-order valence-corrected chi connectivity index (χ1v) is 13.4. The standard InChI is InChI=1S/C28H34F3N5O4/c1-14(2)16-6-7-21(28(29,30)31)35-25(16)40-22-12-36(9-8-27(22,4)38-5)26(37)19-10-17-18-13-39-15(3)23(18)24(32)34-20(17)11-33-19/h6-7,14-15,22H,8-13H2,1-5H3,(H2,32,34)/t15-,22-,27-/m1/s1. The van der Waals surface area contributed by atoms with Gasteiger partial charge in [-0.15, -0.1) is 0 Å². The molecule has 216 valence electrons. The van der Waals surface area contributed by atoms with Gasteiger partial charge in [-0.25, -0.2) is 9.97 Å². The van der Waals surface area contributed by atoms with Gasteiger partial charge in [-0.1, -0.05) is 19.9 Å². The number of amides is 1. The number of carbonyl (C=O) groups excluding carboxylic acids is 1. The first-order valence-electron chi connectivity index (χ1n) is 13.4. The molecule has 2 aromatic rings. The van der Waals surface area contributed by atoms with Crippen LogP contribution in [0.5, 0.6) is 5.88 Å². The van der Waals surface area contributed by atoms with Crippen molar-refractivity contribution in [1.82, 2.24) is 14.9 Å². The number of nitrogens with two attached hydrogens (primary N) is 1. The third-order valence-corrected chi connectivity index (χ3v) is 8.22. The maximum absolute atomic E-state index is 13.7. The van der Waals surface area contributed by atoms with Gasteiger partial charge >= 0.3 is 6.18 Å². The number of carbonyl (C=O) groups is 1. The number of hydrogen-bond acceptors (Lipinski definition) is 8. The minimum absolute atomic E-state index is 0.1000. The molecule has 1 saturated heterocycles. The Bertz CT molecular complexity index is 1360. The fourth-order valence-electron chi connectivity index (χ4n) is 5.59. The van der Waals surface area contributed by atoms with Crippen molar-refractivity contribution in [2.24, 2.45) is 4.99 Å². The smallest absolute Gasteiger partial charge is 0.433 e. The van der Waals surface area contributed by atoms with Gasteiger partial charge in [0, 0.05) is 31.2 Å². The van der Waals surface area contributed by atoms with Crippen molar-refractivity contribution in [2.75, 3.05) is 25.9 Å². The molecule has 2 aromatic heterocycles. The van der Waals surface area contributed by atoms with E-state index in [4.69, 9.17) is 19.9 Å². The summed E-state index contributed by atoms with van der Waals surface area (Å²) in [6.45, 7) is 8.57. The van der Waals surface area contributed by atoms with Crippen LogP contribution in [0.25, 0.3) is 0 Å². The Kier molecular flexibility index (Phi) is 7.28. The largest absolute Gasteiger partial charge is 0.469 e. The molecule has 0 bridgehead atoms. The second-order valence-electron chi connectivity index (χ2n) is 11.1. The normalized spacial score (nSPS) is 24.5. The average Bonchev–Trinajstić information content (AvgIpc) is 3.31. The third kappa shape index (κ3) is 5.03. The second kappa shape index (κ2) is 10.3. The van der Waals surface area contributed by atoms with Crippen LogP contribution in [0.2, 0.25) is 0 Å². The van der Waals surface area contributed by atoms with Gasteiger partial charge < -0.3 is 24.8 Å². The highest BCUT2D eigenvalue weighted by Gasteiger charge is 2.45. The van der Waals surface area contributed by atoms with Crippen LogP contribution >= 0.6 is 0 Å². The molecule has 5 heterocycles. The Labute approximate surface area is 230 Å². The number of ether oxygens (including phenoxy) is 3. The molecular weight excluding hydrogens is 527 g/mol. The molecular formula is C28H34F3N5O4. The van der Waals surface area contributed by atoms with Crippen LogP contribution in [0.1, 0.15) is 79.8 Å². The molecule has 40 heavy (non-hydrogen) atoms. The molecule has 0 aromatic carbocycles. The van der Waals surface area contributed by atoms with E-state index in [9.17, 15) is 18.0 Å². The number of anilines is 1. The van der Waals surface area contributed by atoms with Gasteiger partial charge in [-0.2, -0.15) is 13.2 Å². The van der Waals surface area contributed by atoms with Crippen molar-refractivity contribution in [3.05, 3.63) is 45.8 Å². The van der Waals surface area contributed by atoms with Crippen LogP contribution in [-0.2, 0) is 40.0 Å². The lowest BCUT2D eigenvalue weighted by molar-refractivity contribution is -0.145. The molecule has 0 unspecified atom stereocenters. The van der Waals surface area contributed by atoms with Crippen LogP contribution < -0.4 is 10.5 Å². The zero-order valence-corrected chi connectivity index (χ0v) is 23.3. The van der Waals surface area contributed by atoms with E-state index in [2.05, 4.69) is 15.0 Å². The van der Waals surface area contributed by atoms with E-state index in [1.807, 2.05) is 27.7 Å². The molecule has 2 N–H and O–H groups in total. The highest BCUT2D eigenvalue weighted by molar-refractivity contribution is 6.39. The topological polar surface area (TPSA) is 112 Å². The lowest BCUT2D eigenvalue weighted by Crippen LogP contribution is -2.59. The molecule has 3 atom stereocenters. The number of aromatic nitrogens is 2. The highest BCUT2D eigenvalue weighted by atomic mass is 19.4. The quantitative estimate of drug-likeness (QED) is 0.577. The Morgan fingerprint density at radius 3 is 2.67 bits per heavy atom. The molecule has 0 spiro atoms. The number of aliphatic imine (C=N–C) groups is 1. The van der Waals surface area contributed by atoms with Gasteiger partial charge in [0.2, 0.25) is 5.88 Å². The zero-order chi connectivity index (χ0) is 29.0. The number of nitrogens with zero attached hydrogens (tertiary/aromatic N) is 4. The summed E-state index contributed by atoms with van der Waals surface area (Å²) in [4.78, 5) is 28.2. The second-order valence-corrected chi connectivity index (χ2v) is 11.1. The number of likely N-dealkylation sites (tertiary alicyclic amines) is 1. The third-order valence-electron chi connectivity index (χ3n) is 8.22. The monoisotopic (exact) mass is 561 g/mol. The minimum atomic E-state index is -4.62. The van der Waals surface area contributed by atoms with E-state index in [0.717, 1.165) is 28.5 Å². The molecule has 0 radical (unpaired) electrons. The van der Waals surface area contributed by atoms with Gasteiger partial charge in [0.25, 0.3) is 5.91 Å². The molecule has 1 fully saturated rings. The number of piperidine rings is 1. The predicted molar refractivity (Wildman–Crippen MR) is 141 cm³/mol. The van der Waals surface area contributed by atoms with Crippen LogP contribution in [0.4, 0.5) is 19.0 Å². The van der Waals surface area contributed by atoms with Crippen molar-refractivity contribution in [3.8, 4) is 5.88 Å². The highest BCUT2D eigenvalue weighted by Crippen LogP contribution is 2.39. The Morgan fingerprint density at radius 2 is 2.00 bits per heavy atom. The van der Waals surface area contributed by atoms with Crippen molar-refractivity contribution in [3.63, 3.8) is 0 Å². The summed E-state index contributed by atoms with van der Waals surface area (Å²) >= 11 is 0. The number of pyridine rings is 2. The van der Waals surface area contributed by atoms with Crippen LogP contribution in [-0.4, -0.2) is 58.4 Å². The van der Waals surface area contributed by atoms with E-state index < -0.39 is 23.6 Å². The summed E-state index contributed by atoms with van der Waals surface area (Å²) in [6.07, 6.45) is -4.84. The SMILES string of the molecule is CO[C@]1(C)CCN(C(=O)C2=NCc3nc(N)c4c(c3C2)CO[C@@H]4C)C[C@H]1Oc1nc(C(F)(F)F)ccc1C(C)C. The average molecular weight is 562 g/mol. The van der Waals surface area contributed by atoms with Gasteiger partial charge in [0.05, 0.1) is 31.5 Å². The molecule has 0 saturated carbocycles. The minimum Gasteiger partial charge on any atom is -0.469 e. The first-order chi connectivity index (χ1) is 18.8.